The first-order valence-electron chi connectivity index (χ1n) is 6.85. The van der Waals surface area contributed by atoms with Gasteiger partial charge in [0.05, 0.1) is 25.9 Å². The normalized spacial score (nSPS) is 21.9. The highest BCUT2D eigenvalue weighted by Gasteiger charge is 2.21. The molecule has 4 heteroatoms. The first kappa shape index (κ1) is 14.9. The molecule has 0 aromatic rings. The predicted molar refractivity (Wildman–Crippen MR) is 68.4 cm³/mol. The van der Waals surface area contributed by atoms with Crippen molar-refractivity contribution in [1.82, 2.24) is 5.32 Å². The Labute approximate surface area is 105 Å². The monoisotopic (exact) mass is 245 g/mol. The Morgan fingerprint density at radius 2 is 2.00 bits per heavy atom. The third-order valence-corrected chi connectivity index (χ3v) is 2.96. The highest BCUT2D eigenvalue weighted by atomic mass is 16.5. The van der Waals surface area contributed by atoms with Crippen LogP contribution in [0.5, 0.6) is 0 Å². The summed E-state index contributed by atoms with van der Waals surface area (Å²) >= 11 is 0. The molecule has 1 saturated heterocycles. The molecular formula is C13H27NO3. The minimum atomic E-state index is 0.392. The highest BCUT2D eigenvalue weighted by molar-refractivity contribution is 4.76. The van der Waals surface area contributed by atoms with Gasteiger partial charge < -0.3 is 19.5 Å². The molecule has 0 radical (unpaired) electrons. The third kappa shape index (κ3) is 6.99. The number of hydrogen-bond donors (Lipinski definition) is 1. The summed E-state index contributed by atoms with van der Waals surface area (Å²) in [6.45, 7) is 9.06. The molecule has 2 unspecified atom stereocenters. The number of nitrogens with one attached hydrogen (secondary N) is 1. The zero-order valence-corrected chi connectivity index (χ0v) is 11.2. The maximum Gasteiger partial charge on any atom is 0.0726 e. The molecule has 0 spiro atoms. The summed E-state index contributed by atoms with van der Waals surface area (Å²) < 4.78 is 16.4. The molecule has 17 heavy (non-hydrogen) atoms. The number of ether oxygens (including phenoxy) is 3. The second-order valence-corrected chi connectivity index (χ2v) is 4.52. The fraction of sp³-hybridized carbons (Fsp3) is 1.00. The molecule has 1 fully saturated rings. The van der Waals surface area contributed by atoms with E-state index < -0.39 is 0 Å². The van der Waals surface area contributed by atoms with Gasteiger partial charge in [-0.2, -0.15) is 0 Å². The van der Waals surface area contributed by atoms with Crippen molar-refractivity contribution in [2.24, 2.45) is 0 Å². The lowest BCUT2D eigenvalue weighted by Crippen LogP contribution is -2.38. The van der Waals surface area contributed by atoms with Crippen LogP contribution in [-0.4, -0.2) is 51.7 Å². The summed E-state index contributed by atoms with van der Waals surface area (Å²) in [5, 5.41) is 3.44. The maximum atomic E-state index is 5.61. The van der Waals surface area contributed by atoms with E-state index in [1.165, 1.54) is 12.8 Å². The smallest absolute Gasteiger partial charge is 0.0726 e. The van der Waals surface area contributed by atoms with Crippen molar-refractivity contribution in [2.75, 3.05) is 39.6 Å². The Morgan fingerprint density at radius 3 is 2.65 bits per heavy atom. The molecule has 1 aliphatic heterocycles. The molecular weight excluding hydrogens is 218 g/mol. The molecule has 2 atom stereocenters. The van der Waals surface area contributed by atoms with Crippen molar-refractivity contribution in [3.63, 3.8) is 0 Å². The molecule has 1 aliphatic rings. The van der Waals surface area contributed by atoms with E-state index >= 15 is 0 Å². The molecule has 0 saturated carbocycles. The van der Waals surface area contributed by atoms with Crippen LogP contribution in [0.15, 0.2) is 0 Å². The van der Waals surface area contributed by atoms with Crippen LogP contribution in [-0.2, 0) is 14.2 Å². The molecule has 0 aromatic carbocycles. The molecule has 4 nitrogen and oxygen atoms in total. The number of rotatable bonds is 10. The molecule has 102 valence electrons. The van der Waals surface area contributed by atoms with Crippen molar-refractivity contribution >= 4 is 0 Å². The van der Waals surface area contributed by atoms with Gasteiger partial charge in [-0.1, -0.05) is 6.92 Å². The lowest BCUT2D eigenvalue weighted by molar-refractivity contribution is 0.0442. The molecule has 1 N–H and O–H groups in total. The quantitative estimate of drug-likeness (QED) is 0.593. The van der Waals surface area contributed by atoms with E-state index in [0.717, 1.165) is 32.8 Å². The van der Waals surface area contributed by atoms with Gasteiger partial charge >= 0.3 is 0 Å². The van der Waals surface area contributed by atoms with E-state index in [4.69, 9.17) is 14.2 Å². The fourth-order valence-electron chi connectivity index (χ4n) is 1.95. The fourth-order valence-corrected chi connectivity index (χ4v) is 1.95. The predicted octanol–water partition coefficient (Wildman–Crippen LogP) is 1.59. The summed E-state index contributed by atoms with van der Waals surface area (Å²) in [5.74, 6) is 0. The van der Waals surface area contributed by atoms with Gasteiger partial charge in [-0.3, -0.25) is 0 Å². The SMILES string of the molecule is CCCOCCOCCNC(C)C1CCCO1. The van der Waals surface area contributed by atoms with Crippen LogP contribution in [0.1, 0.15) is 33.1 Å². The first-order valence-corrected chi connectivity index (χ1v) is 6.85. The van der Waals surface area contributed by atoms with E-state index in [2.05, 4.69) is 19.2 Å². The molecule has 0 aliphatic carbocycles. The van der Waals surface area contributed by atoms with E-state index in [-0.39, 0.29) is 0 Å². The van der Waals surface area contributed by atoms with E-state index in [9.17, 15) is 0 Å². The van der Waals surface area contributed by atoms with Crippen molar-refractivity contribution < 1.29 is 14.2 Å². The second-order valence-electron chi connectivity index (χ2n) is 4.52. The van der Waals surface area contributed by atoms with E-state index in [0.29, 0.717) is 25.4 Å². The van der Waals surface area contributed by atoms with Crippen LogP contribution in [0.4, 0.5) is 0 Å². The van der Waals surface area contributed by atoms with Gasteiger partial charge in [0.25, 0.3) is 0 Å². The Balaban J connectivity index is 1.83. The van der Waals surface area contributed by atoms with Gasteiger partial charge in [-0.15, -0.1) is 0 Å². The van der Waals surface area contributed by atoms with Crippen molar-refractivity contribution in [3.8, 4) is 0 Å². The summed E-state index contributed by atoms with van der Waals surface area (Å²) in [5.41, 5.74) is 0. The van der Waals surface area contributed by atoms with Crippen LogP contribution < -0.4 is 5.32 Å². The summed E-state index contributed by atoms with van der Waals surface area (Å²) in [6, 6.07) is 0.428. The van der Waals surface area contributed by atoms with E-state index in [1.807, 2.05) is 0 Å². The standard InChI is InChI=1S/C13H27NO3/c1-3-7-15-10-11-16-9-6-14-12(2)13-5-4-8-17-13/h12-14H,3-11H2,1-2H3. The average molecular weight is 245 g/mol. The summed E-state index contributed by atoms with van der Waals surface area (Å²) in [6.07, 6.45) is 3.84. The lowest BCUT2D eigenvalue weighted by Gasteiger charge is -2.19. The third-order valence-electron chi connectivity index (χ3n) is 2.96. The maximum absolute atomic E-state index is 5.61. The Morgan fingerprint density at radius 1 is 1.24 bits per heavy atom. The van der Waals surface area contributed by atoms with Gasteiger partial charge in [0.2, 0.25) is 0 Å². The van der Waals surface area contributed by atoms with E-state index in [1.54, 1.807) is 0 Å². The van der Waals surface area contributed by atoms with Gasteiger partial charge in [0.1, 0.15) is 0 Å². The minimum Gasteiger partial charge on any atom is -0.379 e. The number of hydrogen-bond acceptors (Lipinski definition) is 4. The Hall–Kier alpha value is -0.160. The van der Waals surface area contributed by atoms with Gasteiger partial charge in [-0.05, 0) is 26.2 Å². The van der Waals surface area contributed by atoms with Crippen LogP contribution in [0, 0.1) is 0 Å². The van der Waals surface area contributed by atoms with Crippen molar-refractivity contribution in [2.45, 2.75) is 45.3 Å². The van der Waals surface area contributed by atoms with Crippen LogP contribution in [0.25, 0.3) is 0 Å². The van der Waals surface area contributed by atoms with Gasteiger partial charge in [0, 0.05) is 25.8 Å². The van der Waals surface area contributed by atoms with Crippen LogP contribution in [0.2, 0.25) is 0 Å². The molecule has 0 bridgehead atoms. The van der Waals surface area contributed by atoms with Gasteiger partial charge in [-0.25, -0.2) is 0 Å². The average Bonchev–Trinajstić information content (AvgIpc) is 2.86. The largest absolute Gasteiger partial charge is 0.379 e. The first-order chi connectivity index (χ1) is 8.34. The molecule has 0 aromatic heterocycles. The van der Waals surface area contributed by atoms with Gasteiger partial charge in [0.15, 0.2) is 0 Å². The highest BCUT2D eigenvalue weighted by Crippen LogP contribution is 2.14. The Kier molecular flexibility index (Phi) is 8.61. The minimum absolute atomic E-state index is 0.392. The second kappa shape index (κ2) is 9.83. The topological polar surface area (TPSA) is 39.7 Å². The summed E-state index contributed by atoms with van der Waals surface area (Å²) in [4.78, 5) is 0. The molecule has 1 heterocycles. The van der Waals surface area contributed by atoms with Crippen LogP contribution >= 0.6 is 0 Å². The van der Waals surface area contributed by atoms with Crippen molar-refractivity contribution in [1.29, 1.82) is 0 Å². The summed E-state index contributed by atoms with van der Waals surface area (Å²) in [7, 11) is 0. The Bertz CT molecular complexity index is 172. The molecule has 1 rings (SSSR count). The zero-order valence-electron chi connectivity index (χ0n) is 11.2. The van der Waals surface area contributed by atoms with Crippen LogP contribution in [0.3, 0.4) is 0 Å². The van der Waals surface area contributed by atoms with Crippen molar-refractivity contribution in [3.05, 3.63) is 0 Å². The lowest BCUT2D eigenvalue weighted by atomic mass is 10.1. The molecule has 0 amide bonds. The zero-order chi connectivity index (χ0) is 12.3.